The van der Waals surface area contributed by atoms with E-state index in [0.29, 0.717) is 17.5 Å². The normalized spacial score (nSPS) is 12.1. The van der Waals surface area contributed by atoms with Crippen LogP contribution in [0.5, 0.6) is 0 Å². The van der Waals surface area contributed by atoms with E-state index in [1.807, 2.05) is 38.1 Å². The molecule has 0 fully saturated rings. The number of benzene rings is 1. The smallest absolute Gasteiger partial charge is 0.249 e. The summed E-state index contributed by atoms with van der Waals surface area (Å²) in [6, 6.07) is 9.10. The topological polar surface area (TPSA) is 112 Å². The molecule has 1 aromatic carbocycles. The molecule has 2 aromatic heterocycles. The zero-order chi connectivity index (χ0) is 18.0. The molecule has 0 aliphatic rings. The number of nitrogens with one attached hydrogen (secondary N) is 1. The second-order valence-corrected chi connectivity index (χ2v) is 5.98. The van der Waals surface area contributed by atoms with Gasteiger partial charge in [0.2, 0.25) is 17.6 Å². The van der Waals surface area contributed by atoms with Gasteiger partial charge in [-0.15, -0.1) is 0 Å². The molecule has 0 bridgehead atoms. The van der Waals surface area contributed by atoms with Crippen molar-refractivity contribution in [1.82, 2.24) is 25.2 Å². The van der Waals surface area contributed by atoms with Gasteiger partial charge in [-0.2, -0.15) is 10.1 Å². The van der Waals surface area contributed by atoms with Crippen LogP contribution in [0.4, 0.5) is 5.82 Å². The number of nitrogens with zero attached hydrogens (tertiary/aromatic N) is 4. The first-order valence-corrected chi connectivity index (χ1v) is 7.92. The molecule has 0 aliphatic carbocycles. The van der Waals surface area contributed by atoms with Crippen molar-refractivity contribution in [2.45, 2.75) is 33.4 Å². The number of amides is 1. The van der Waals surface area contributed by atoms with Gasteiger partial charge in [0, 0.05) is 11.6 Å². The van der Waals surface area contributed by atoms with Crippen molar-refractivity contribution in [2.75, 3.05) is 5.73 Å². The SMILES string of the molecule is Cc1cccc(-c2noc([C@@H](C)NC(=O)Cn3nc(C)cc3N)n2)c1. The van der Waals surface area contributed by atoms with Crippen molar-refractivity contribution in [2.24, 2.45) is 0 Å². The number of rotatable bonds is 5. The Morgan fingerprint density at radius 2 is 2.16 bits per heavy atom. The first kappa shape index (κ1) is 16.7. The van der Waals surface area contributed by atoms with Crippen molar-refractivity contribution in [1.29, 1.82) is 0 Å². The van der Waals surface area contributed by atoms with Gasteiger partial charge >= 0.3 is 0 Å². The highest BCUT2D eigenvalue weighted by Crippen LogP contribution is 2.19. The van der Waals surface area contributed by atoms with Gasteiger partial charge in [0.25, 0.3) is 0 Å². The number of nitrogen functional groups attached to an aromatic ring is 1. The lowest BCUT2D eigenvalue weighted by Crippen LogP contribution is -2.31. The van der Waals surface area contributed by atoms with Crippen LogP contribution in [0.15, 0.2) is 34.9 Å². The minimum atomic E-state index is -0.420. The number of hydrogen-bond acceptors (Lipinski definition) is 6. The monoisotopic (exact) mass is 340 g/mol. The molecule has 3 N–H and O–H groups in total. The van der Waals surface area contributed by atoms with Gasteiger partial charge in [-0.3, -0.25) is 4.79 Å². The second-order valence-electron chi connectivity index (χ2n) is 5.98. The highest BCUT2D eigenvalue weighted by molar-refractivity contribution is 5.76. The summed E-state index contributed by atoms with van der Waals surface area (Å²) >= 11 is 0. The Kier molecular flexibility index (Phi) is 4.51. The molecule has 1 amide bonds. The van der Waals surface area contributed by atoms with E-state index in [1.54, 1.807) is 13.0 Å². The summed E-state index contributed by atoms with van der Waals surface area (Å²) < 4.78 is 6.72. The van der Waals surface area contributed by atoms with E-state index < -0.39 is 6.04 Å². The molecule has 0 saturated heterocycles. The van der Waals surface area contributed by atoms with Crippen LogP contribution in [-0.2, 0) is 11.3 Å². The number of hydrogen-bond donors (Lipinski definition) is 2. The molecule has 0 aliphatic heterocycles. The summed E-state index contributed by atoms with van der Waals surface area (Å²) in [6.07, 6.45) is 0. The summed E-state index contributed by atoms with van der Waals surface area (Å²) in [5.41, 5.74) is 8.53. The van der Waals surface area contributed by atoms with Crippen molar-refractivity contribution in [3.8, 4) is 11.4 Å². The quantitative estimate of drug-likeness (QED) is 0.735. The van der Waals surface area contributed by atoms with E-state index >= 15 is 0 Å². The summed E-state index contributed by atoms with van der Waals surface area (Å²) in [5.74, 6) is 1.04. The number of aryl methyl sites for hydroxylation is 2. The van der Waals surface area contributed by atoms with Gasteiger partial charge in [-0.1, -0.05) is 28.9 Å². The van der Waals surface area contributed by atoms with Crippen LogP contribution in [0, 0.1) is 13.8 Å². The van der Waals surface area contributed by atoms with Crippen molar-refractivity contribution in [3.63, 3.8) is 0 Å². The highest BCUT2D eigenvalue weighted by atomic mass is 16.5. The van der Waals surface area contributed by atoms with Crippen LogP contribution in [0.1, 0.15) is 30.1 Å². The van der Waals surface area contributed by atoms with E-state index in [0.717, 1.165) is 16.8 Å². The van der Waals surface area contributed by atoms with Crippen molar-refractivity contribution < 1.29 is 9.32 Å². The number of carbonyl (C=O) groups is 1. The molecule has 2 heterocycles. The van der Waals surface area contributed by atoms with Gasteiger partial charge in [-0.25, -0.2) is 4.68 Å². The molecule has 0 spiro atoms. The zero-order valence-corrected chi connectivity index (χ0v) is 14.4. The van der Waals surface area contributed by atoms with Gasteiger partial charge in [0.05, 0.1) is 5.69 Å². The zero-order valence-electron chi connectivity index (χ0n) is 14.4. The third kappa shape index (κ3) is 3.85. The third-order valence-corrected chi connectivity index (χ3v) is 3.69. The second kappa shape index (κ2) is 6.76. The minimum absolute atomic E-state index is 0.0306. The van der Waals surface area contributed by atoms with Crippen LogP contribution in [0.2, 0.25) is 0 Å². The molecular weight excluding hydrogens is 320 g/mol. The Bertz CT molecular complexity index is 898. The predicted octanol–water partition coefficient (Wildman–Crippen LogP) is 2.01. The fraction of sp³-hybridized carbons (Fsp3) is 0.294. The van der Waals surface area contributed by atoms with Crippen LogP contribution >= 0.6 is 0 Å². The third-order valence-electron chi connectivity index (χ3n) is 3.69. The summed E-state index contributed by atoms with van der Waals surface area (Å²) in [4.78, 5) is 16.5. The van der Waals surface area contributed by atoms with E-state index in [2.05, 4.69) is 20.6 Å². The Morgan fingerprint density at radius 1 is 1.36 bits per heavy atom. The van der Waals surface area contributed by atoms with E-state index in [4.69, 9.17) is 10.3 Å². The predicted molar refractivity (Wildman–Crippen MR) is 92.4 cm³/mol. The Hall–Kier alpha value is -3.16. The van der Waals surface area contributed by atoms with E-state index in [-0.39, 0.29) is 12.5 Å². The molecule has 1 atom stereocenters. The first-order chi connectivity index (χ1) is 11.9. The highest BCUT2D eigenvalue weighted by Gasteiger charge is 2.18. The number of carbonyl (C=O) groups excluding carboxylic acids is 1. The summed E-state index contributed by atoms with van der Waals surface area (Å²) in [6.45, 7) is 5.63. The van der Waals surface area contributed by atoms with Crippen LogP contribution in [0.25, 0.3) is 11.4 Å². The lowest BCUT2D eigenvalue weighted by Gasteiger charge is -2.10. The molecule has 0 unspecified atom stereocenters. The van der Waals surface area contributed by atoms with Gasteiger partial charge in [-0.05, 0) is 26.8 Å². The standard InChI is InChI=1S/C17H20N6O2/c1-10-5-4-6-13(7-10)16-20-17(25-22-16)12(3)19-15(24)9-23-14(18)8-11(2)21-23/h4-8,12H,9,18H2,1-3H3,(H,19,24)/t12-/m1/s1. The molecule has 25 heavy (non-hydrogen) atoms. The first-order valence-electron chi connectivity index (χ1n) is 7.92. The lowest BCUT2D eigenvalue weighted by atomic mass is 10.1. The fourth-order valence-electron chi connectivity index (χ4n) is 2.49. The maximum Gasteiger partial charge on any atom is 0.249 e. The molecule has 8 nitrogen and oxygen atoms in total. The van der Waals surface area contributed by atoms with E-state index in [1.165, 1.54) is 4.68 Å². The number of anilines is 1. The molecule has 0 radical (unpaired) electrons. The van der Waals surface area contributed by atoms with Gasteiger partial charge in [0.15, 0.2) is 0 Å². The maximum atomic E-state index is 12.2. The van der Waals surface area contributed by atoms with Gasteiger partial charge in [0.1, 0.15) is 18.4 Å². The number of nitrogens with two attached hydrogens (primary N) is 1. The average Bonchev–Trinajstić information content (AvgIpc) is 3.14. The molecule has 3 rings (SSSR count). The van der Waals surface area contributed by atoms with Crippen LogP contribution in [-0.4, -0.2) is 25.8 Å². The van der Waals surface area contributed by atoms with Gasteiger partial charge < -0.3 is 15.6 Å². The Balaban J connectivity index is 1.66. The molecule has 3 aromatic rings. The van der Waals surface area contributed by atoms with E-state index in [9.17, 15) is 4.79 Å². The molecular formula is C17H20N6O2. The van der Waals surface area contributed by atoms with Crippen molar-refractivity contribution in [3.05, 3.63) is 47.5 Å². The lowest BCUT2D eigenvalue weighted by molar-refractivity contribution is -0.122. The number of aromatic nitrogens is 4. The van der Waals surface area contributed by atoms with Crippen molar-refractivity contribution >= 4 is 11.7 Å². The minimum Gasteiger partial charge on any atom is -0.384 e. The van der Waals surface area contributed by atoms with Crippen LogP contribution < -0.4 is 11.1 Å². The molecule has 0 saturated carbocycles. The molecule has 130 valence electrons. The molecule has 8 heteroatoms. The average molecular weight is 340 g/mol. The largest absolute Gasteiger partial charge is 0.384 e. The maximum absolute atomic E-state index is 12.2. The summed E-state index contributed by atoms with van der Waals surface area (Å²) in [5, 5.41) is 10.9. The Morgan fingerprint density at radius 3 is 2.84 bits per heavy atom. The fourth-order valence-corrected chi connectivity index (χ4v) is 2.49. The summed E-state index contributed by atoms with van der Waals surface area (Å²) in [7, 11) is 0. The van der Waals surface area contributed by atoms with Crippen LogP contribution in [0.3, 0.4) is 0 Å². The Labute approximate surface area is 145 Å².